The molecule has 0 aromatic rings. The van der Waals surface area contributed by atoms with E-state index >= 15 is 0 Å². The second kappa shape index (κ2) is 8.99. The van der Waals surface area contributed by atoms with Gasteiger partial charge in [0.1, 0.15) is 0 Å². The predicted molar refractivity (Wildman–Crippen MR) is 86.6 cm³/mol. The molecule has 1 rings (SSSR count). The van der Waals surface area contributed by atoms with Gasteiger partial charge in [-0.1, -0.05) is 30.9 Å². The van der Waals surface area contributed by atoms with E-state index in [4.69, 9.17) is 0 Å². The van der Waals surface area contributed by atoms with Crippen LogP contribution in [0.25, 0.3) is 0 Å². The normalized spacial score (nSPS) is 18.0. The molecular formula is C18H31NO. The smallest absolute Gasteiger partial charge is 0.160 e. The molecule has 1 saturated carbocycles. The molecular weight excluding hydrogens is 246 g/mol. The average molecular weight is 277 g/mol. The number of hydrogen-bond donors (Lipinski definition) is 0. The molecule has 0 aliphatic heterocycles. The molecule has 0 aromatic heterocycles. The predicted octanol–water partition coefficient (Wildman–Crippen LogP) is 4.72. The highest BCUT2D eigenvalue weighted by Crippen LogP contribution is 2.24. The number of carbonyl (C=O) groups excluding carboxylic acids is 1. The summed E-state index contributed by atoms with van der Waals surface area (Å²) in [6.45, 7) is 6.49. The second-order valence-electron chi connectivity index (χ2n) is 6.43. The van der Waals surface area contributed by atoms with Gasteiger partial charge in [0.2, 0.25) is 0 Å². The summed E-state index contributed by atoms with van der Waals surface area (Å²) in [7, 11) is 2.07. The van der Waals surface area contributed by atoms with Gasteiger partial charge < -0.3 is 4.90 Å². The first kappa shape index (κ1) is 17.0. The number of allylic oxidation sites excluding steroid dienone is 3. The van der Waals surface area contributed by atoms with Crippen LogP contribution in [-0.4, -0.2) is 23.8 Å². The first-order chi connectivity index (χ1) is 9.50. The standard InChI is InChI=1S/C18H31NO/c1-15(2)9-8-10-16(3)19(4)14-13-18(20)17-11-6-5-7-12-17/h9,13-14,16-17H,5-8,10-12H2,1-4H3/b14-13+. The molecule has 1 fully saturated rings. The topological polar surface area (TPSA) is 20.3 Å². The van der Waals surface area contributed by atoms with Crippen molar-refractivity contribution < 1.29 is 4.79 Å². The maximum Gasteiger partial charge on any atom is 0.160 e. The number of nitrogens with zero attached hydrogens (tertiary/aromatic N) is 1. The minimum Gasteiger partial charge on any atom is -0.378 e. The Hall–Kier alpha value is -1.05. The highest BCUT2D eigenvalue weighted by molar-refractivity contribution is 5.91. The van der Waals surface area contributed by atoms with Crippen LogP contribution < -0.4 is 0 Å². The Labute approximate surface area is 124 Å². The van der Waals surface area contributed by atoms with Gasteiger partial charge in [-0.3, -0.25) is 4.79 Å². The summed E-state index contributed by atoms with van der Waals surface area (Å²) < 4.78 is 0. The molecule has 2 heteroatoms. The van der Waals surface area contributed by atoms with Gasteiger partial charge in [0, 0.05) is 25.2 Å². The van der Waals surface area contributed by atoms with Crippen molar-refractivity contribution in [2.45, 2.75) is 71.8 Å². The largest absolute Gasteiger partial charge is 0.378 e. The molecule has 1 aliphatic rings. The molecule has 0 N–H and O–H groups in total. The highest BCUT2D eigenvalue weighted by Gasteiger charge is 2.18. The van der Waals surface area contributed by atoms with E-state index in [2.05, 4.69) is 38.8 Å². The van der Waals surface area contributed by atoms with Gasteiger partial charge >= 0.3 is 0 Å². The summed E-state index contributed by atoms with van der Waals surface area (Å²) in [4.78, 5) is 14.3. The summed E-state index contributed by atoms with van der Waals surface area (Å²) >= 11 is 0. The summed E-state index contributed by atoms with van der Waals surface area (Å²) in [6.07, 6.45) is 14.2. The molecule has 0 radical (unpaired) electrons. The van der Waals surface area contributed by atoms with E-state index in [9.17, 15) is 4.79 Å². The van der Waals surface area contributed by atoms with Crippen molar-refractivity contribution in [2.75, 3.05) is 7.05 Å². The summed E-state index contributed by atoms with van der Waals surface area (Å²) in [5, 5.41) is 0. The fourth-order valence-electron chi connectivity index (χ4n) is 2.68. The van der Waals surface area contributed by atoms with Crippen LogP contribution in [0.5, 0.6) is 0 Å². The van der Waals surface area contributed by atoms with E-state index in [1.54, 1.807) is 6.08 Å². The van der Waals surface area contributed by atoms with E-state index in [0.29, 0.717) is 11.8 Å². The lowest BCUT2D eigenvalue weighted by atomic mass is 9.86. The van der Waals surface area contributed by atoms with Crippen molar-refractivity contribution in [3.8, 4) is 0 Å². The van der Waals surface area contributed by atoms with E-state index in [1.165, 1.54) is 24.8 Å². The summed E-state index contributed by atoms with van der Waals surface area (Å²) in [5.41, 5.74) is 1.38. The van der Waals surface area contributed by atoms with Crippen molar-refractivity contribution in [1.82, 2.24) is 4.90 Å². The van der Waals surface area contributed by atoms with Crippen LogP contribution in [0.4, 0.5) is 0 Å². The second-order valence-corrected chi connectivity index (χ2v) is 6.43. The van der Waals surface area contributed by atoms with Crippen LogP contribution in [0.15, 0.2) is 23.9 Å². The number of hydrogen-bond acceptors (Lipinski definition) is 2. The molecule has 1 atom stereocenters. The Morgan fingerprint density at radius 1 is 1.25 bits per heavy atom. The van der Waals surface area contributed by atoms with Gasteiger partial charge in [-0.05, 0) is 52.5 Å². The highest BCUT2D eigenvalue weighted by atomic mass is 16.1. The number of carbonyl (C=O) groups is 1. The monoisotopic (exact) mass is 277 g/mol. The molecule has 2 nitrogen and oxygen atoms in total. The van der Waals surface area contributed by atoms with Crippen LogP contribution in [0, 0.1) is 5.92 Å². The maximum absolute atomic E-state index is 12.1. The molecule has 0 amide bonds. The van der Waals surface area contributed by atoms with Crippen molar-refractivity contribution in [1.29, 1.82) is 0 Å². The lowest BCUT2D eigenvalue weighted by Gasteiger charge is -2.23. The van der Waals surface area contributed by atoms with Crippen LogP contribution in [-0.2, 0) is 4.79 Å². The first-order valence-electron chi connectivity index (χ1n) is 8.08. The summed E-state index contributed by atoms with van der Waals surface area (Å²) in [5.74, 6) is 0.613. The van der Waals surface area contributed by atoms with Crippen LogP contribution >= 0.6 is 0 Å². The third-order valence-corrected chi connectivity index (χ3v) is 4.31. The first-order valence-corrected chi connectivity index (χ1v) is 8.08. The maximum atomic E-state index is 12.1. The van der Waals surface area contributed by atoms with E-state index in [1.807, 2.05) is 6.20 Å². The molecule has 0 spiro atoms. The van der Waals surface area contributed by atoms with Crippen molar-refractivity contribution in [3.05, 3.63) is 23.9 Å². The Morgan fingerprint density at radius 2 is 1.90 bits per heavy atom. The molecule has 0 heterocycles. The lowest BCUT2D eigenvalue weighted by Crippen LogP contribution is -2.24. The van der Waals surface area contributed by atoms with Crippen LogP contribution in [0.2, 0.25) is 0 Å². The zero-order valence-electron chi connectivity index (χ0n) is 13.7. The fraction of sp³-hybridized carbons (Fsp3) is 0.722. The third-order valence-electron chi connectivity index (χ3n) is 4.31. The minimum absolute atomic E-state index is 0.286. The van der Waals surface area contributed by atoms with Crippen molar-refractivity contribution in [3.63, 3.8) is 0 Å². The minimum atomic E-state index is 0.286. The SMILES string of the molecule is CC(C)=CCCC(C)N(C)/C=C/C(=O)C1CCCCC1. The zero-order chi connectivity index (χ0) is 15.0. The van der Waals surface area contributed by atoms with E-state index in [-0.39, 0.29) is 5.92 Å². The average Bonchev–Trinajstić information content (AvgIpc) is 2.44. The van der Waals surface area contributed by atoms with Crippen molar-refractivity contribution in [2.24, 2.45) is 5.92 Å². The van der Waals surface area contributed by atoms with Gasteiger partial charge in [0.25, 0.3) is 0 Å². The lowest BCUT2D eigenvalue weighted by molar-refractivity contribution is -0.119. The number of ketones is 1. The molecule has 0 aromatic carbocycles. The molecule has 1 aliphatic carbocycles. The summed E-state index contributed by atoms with van der Waals surface area (Å²) in [6, 6.07) is 0.473. The molecule has 1 unspecified atom stereocenters. The zero-order valence-corrected chi connectivity index (χ0v) is 13.7. The quantitative estimate of drug-likeness (QED) is 0.496. The molecule has 114 valence electrons. The molecule has 0 bridgehead atoms. The Kier molecular flexibility index (Phi) is 7.64. The van der Waals surface area contributed by atoms with Gasteiger partial charge in [0.05, 0.1) is 0 Å². The Balaban J connectivity index is 2.35. The Bertz CT molecular complexity index is 346. The van der Waals surface area contributed by atoms with Gasteiger partial charge in [-0.2, -0.15) is 0 Å². The van der Waals surface area contributed by atoms with E-state index in [0.717, 1.165) is 25.7 Å². The van der Waals surface area contributed by atoms with Crippen molar-refractivity contribution >= 4 is 5.78 Å². The van der Waals surface area contributed by atoms with Gasteiger partial charge in [-0.15, -0.1) is 0 Å². The Morgan fingerprint density at radius 3 is 2.50 bits per heavy atom. The van der Waals surface area contributed by atoms with E-state index < -0.39 is 0 Å². The van der Waals surface area contributed by atoms with Gasteiger partial charge in [-0.25, -0.2) is 0 Å². The third kappa shape index (κ3) is 6.40. The van der Waals surface area contributed by atoms with Gasteiger partial charge in [0.15, 0.2) is 5.78 Å². The fourth-order valence-corrected chi connectivity index (χ4v) is 2.68. The van der Waals surface area contributed by atoms with Crippen LogP contribution in [0.1, 0.15) is 65.7 Å². The van der Waals surface area contributed by atoms with Crippen LogP contribution in [0.3, 0.4) is 0 Å². The molecule has 20 heavy (non-hydrogen) atoms. The number of rotatable bonds is 7. The molecule has 0 saturated heterocycles.